The molecule has 40 heavy (non-hydrogen) atoms. The molecule has 2 aromatic carbocycles. The Balaban J connectivity index is 1.76. The molecular weight excluding hydrogens is 513 g/mol. The molecule has 2 aliphatic carbocycles. The quantitative estimate of drug-likeness (QED) is 0.274. The second-order valence-corrected chi connectivity index (χ2v) is 15.6. The number of benzene rings is 2. The van der Waals surface area contributed by atoms with E-state index < -0.39 is 13.4 Å². The summed E-state index contributed by atoms with van der Waals surface area (Å²) in [7, 11) is -3.68. The molecule has 2 aliphatic rings. The van der Waals surface area contributed by atoms with Gasteiger partial charge in [-0.25, -0.2) is 0 Å². The third-order valence-electron chi connectivity index (χ3n) is 9.63. The van der Waals surface area contributed by atoms with Gasteiger partial charge in [0.05, 0.1) is 12.2 Å². The van der Waals surface area contributed by atoms with Crippen LogP contribution in [0.5, 0.6) is 0 Å². The maximum atomic E-state index is 15.7. The number of rotatable bonds is 11. The van der Waals surface area contributed by atoms with Gasteiger partial charge in [0.15, 0.2) is 0 Å². The van der Waals surface area contributed by atoms with Crippen LogP contribution in [0.1, 0.15) is 110 Å². The molecule has 2 fully saturated rings. The molecular formula is C35H54NO3P. The van der Waals surface area contributed by atoms with Crippen molar-refractivity contribution in [3.63, 3.8) is 0 Å². The van der Waals surface area contributed by atoms with Crippen LogP contribution in [-0.2, 0) is 13.6 Å². The summed E-state index contributed by atoms with van der Waals surface area (Å²) in [5.74, 6) is 2.24. The number of hydrogen-bond donors (Lipinski definition) is 1. The van der Waals surface area contributed by atoms with Gasteiger partial charge in [-0.2, -0.15) is 0 Å². The van der Waals surface area contributed by atoms with Crippen molar-refractivity contribution in [1.29, 1.82) is 0 Å². The SMILES string of the molecule is CC(C)[C@H]1CC[C@@H](C)C[C@H]1OP(=O)(O[C@@H]1C[C@H](C)CC[C@@H]1C(C)C)[C@@H](N[C@H](C)c1ccccc1)c1ccccc1. The molecule has 0 amide bonds. The van der Waals surface area contributed by atoms with Crippen LogP contribution in [0.3, 0.4) is 0 Å². The van der Waals surface area contributed by atoms with Gasteiger partial charge < -0.3 is 9.05 Å². The van der Waals surface area contributed by atoms with Gasteiger partial charge in [-0.15, -0.1) is 0 Å². The Hall–Kier alpha value is -1.45. The summed E-state index contributed by atoms with van der Waals surface area (Å²) < 4.78 is 29.7. The van der Waals surface area contributed by atoms with Crippen molar-refractivity contribution < 1.29 is 13.6 Å². The zero-order chi connectivity index (χ0) is 28.9. The van der Waals surface area contributed by atoms with E-state index >= 15 is 4.57 Å². The fourth-order valence-electron chi connectivity index (χ4n) is 7.08. The minimum Gasteiger partial charge on any atom is -0.304 e. The minimum absolute atomic E-state index is 0.0238. The zero-order valence-corrected chi connectivity index (χ0v) is 26.9. The van der Waals surface area contributed by atoms with Crippen molar-refractivity contribution >= 4 is 7.60 Å². The molecule has 2 aromatic rings. The Bertz CT molecular complexity index is 1040. The van der Waals surface area contributed by atoms with Crippen LogP contribution in [0.2, 0.25) is 0 Å². The third-order valence-corrected chi connectivity index (χ3v) is 11.8. The van der Waals surface area contributed by atoms with Crippen LogP contribution in [-0.4, -0.2) is 12.2 Å². The van der Waals surface area contributed by atoms with Gasteiger partial charge >= 0.3 is 7.60 Å². The maximum Gasteiger partial charge on any atom is 0.352 e. The van der Waals surface area contributed by atoms with E-state index in [1.54, 1.807) is 0 Å². The molecule has 0 unspecified atom stereocenters. The molecule has 4 nitrogen and oxygen atoms in total. The fourth-order valence-corrected chi connectivity index (χ4v) is 9.55. The first-order valence-corrected chi connectivity index (χ1v) is 17.5. The van der Waals surface area contributed by atoms with Crippen molar-refractivity contribution in [3.8, 4) is 0 Å². The van der Waals surface area contributed by atoms with Gasteiger partial charge in [0, 0.05) is 6.04 Å². The lowest BCUT2D eigenvalue weighted by atomic mass is 9.75. The third kappa shape index (κ3) is 7.88. The van der Waals surface area contributed by atoms with Crippen LogP contribution in [0, 0.1) is 35.5 Å². The zero-order valence-electron chi connectivity index (χ0n) is 26.0. The summed E-state index contributed by atoms with van der Waals surface area (Å²) in [6.07, 6.45) is 6.34. The van der Waals surface area contributed by atoms with Gasteiger partial charge in [-0.05, 0) is 79.2 Å². The molecule has 0 spiro atoms. The molecule has 222 valence electrons. The van der Waals surface area contributed by atoms with Gasteiger partial charge in [0.25, 0.3) is 0 Å². The highest BCUT2D eigenvalue weighted by Gasteiger charge is 2.47. The molecule has 0 radical (unpaired) electrons. The molecule has 1 N–H and O–H groups in total. The first-order valence-electron chi connectivity index (χ1n) is 15.9. The normalized spacial score (nSPS) is 29.4. The van der Waals surface area contributed by atoms with E-state index in [-0.39, 0.29) is 18.2 Å². The first-order chi connectivity index (χ1) is 19.1. The summed E-state index contributed by atoms with van der Waals surface area (Å²) in [4.78, 5) is 0. The Morgan fingerprint density at radius 1 is 0.675 bits per heavy atom. The molecule has 0 aliphatic heterocycles. The van der Waals surface area contributed by atoms with Crippen LogP contribution in [0.25, 0.3) is 0 Å². The average molecular weight is 568 g/mol. The average Bonchev–Trinajstić information content (AvgIpc) is 2.92. The number of nitrogens with one attached hydrogen (secondary N) is 1. The number of hydrogen-bond acceptors (Lipinski definition) is 4. The molecule has 2 saturated carbocycles. The van der Waals surface area contributed by atoms with E-state index in [9.17, 15) is 0 Å². The summed E-state index contributed by atoms with van der Waals surface area (Å²) in [5, 5.41) is 3.77. The fraction of sp³-hybridized carbons (Fsp3) is 0.657. The van der Waals surface area contributed by atoms with Gasteiger partial charge in [-0.1, -0.05) is 115 Å². The first kappa shape index (κ1) is 31.5. The Morgan fingerprint density at radius 3 is 1.52 bits per heavy atom. The van der Waals surface area contributed by atoms with Crippen LogP contribution in [0.15, 0.2) is 60.7 Å². The highest BCUT2D eigenvalue weighted by Crippen LogP contribution is 2.64. The molecule has 5 heteroatoms. The second-order valence-electron chi connectivity index (χ2n) is 13.6. The topological polar surface area (TPSA) is 47.6 Å². The predicted molar refractivity (Wildman–Crippen MR) is 167 cm³/mol. The largest absolute Gasteiger partial charge is 0.352 e. The molecule has 0 saturated heterocycles. The lowest BCUT2D eigenvalue weighted by Crippen LogP contribution is -2.38. The Morgan fingerprint density at radius 2 is 1.10 bits per heavy atom. The van der Waals surface area contributed by atoms with E-state index in [0.717, 1.165) is 36.8 Å². The van der Waals surface area contributed by atoms with E-state index in [4.69, 9.17) is 9.05 Å². The van der Waals surface area contributed by atoms with Gasteiger partial charge in [-0.3, -0.25) is 9.88 Å². The van der Waals surface area contributed by atoms with Crippen molar-refractivity contribution in [1.82, 2.24) is 5.32 Å². The van der Waals surface area contributed by atoms with Crippen molar-refractivity contribution in [2.45, 2.75) is 111 Å². The highest BCUT2D eigenvalue weighted by molar-refractivity contribution is 7.54. The van der Waals surface area contributed by atoms with E-state index in [1.165, 1.54) is 12.8 Å². The van der Waals surface area contributed by atoms with Crippen molar-refractivity contribution in [2.75, 3.05) is 0 Å². The second kappa shape index (κ2) is 14.1. The molecule has 4 rings (SSSR count). The lowest BCUT2D eigenvalue weighted by molar-refractivity contribution is -0.00718. The van der Waals surface area contributed by atoms with Gasteiger partial charge in [0.1, 0.15) is 5.78 Å². The van der Waals surface area contributed by atoms with E-state index in [0.29, 0.717) is 35.5 Å². The van der Waals surface area contributed by atoms with Gasteiger partial charge in [0.2, 0.25) is 0 Å². The van der Waals surface area contributed by atoms with E-state index in [1.807, 2.05) is 24.3 Å². The smallest absolute Gasteiger partial charge is 0.304 e. The van der Waals surface area contributed by atoms with Crippen LogP contribution in [0.4, 0.5) is 0 Å². The van der Waals surface area contributed by atoms with Crippen LogP contribution >= 0.6 is 7.60 Å². The molecule has 0 aromatic heterocycles. The Labute approximate surface area is 244 Å². The molecule has 0 bridgehead atoms. The standard InChI is InChI=1S/C35H54NO3P/c1-24(2)31-20-18-26(5)22-33(31)38-40(37,39-34-23-27(6)19-21-32(34)25(3)4)35(30-16-12-9-13-17-30)36-28(7)29-14-10-8-11-15-29/h8-17,24-28,31-36H,18-23H2,1-7H3/t26-,27-,28-,31-,32-,33-,34-,35-/m1/s1. The monoisotopic (exact) mass is 567 g/mol. The molecule has 0 heterocycles. The maximum absolute atomic E-state index is 15.7. The summed E-state index contributed by atoms with van der Waals surface area (Å²) in [6, 6.07) is 20.6. The van der Waals surface area contributed by atoms with Crippen molar-refractivity contribution in [2.24, 2.45) is 35.5 Å². The summed E-state index contributed by atoms with van der Waals surface area (Å²) in [5.41, 5.74) is 2.12. The van der Waals surface area contributed by atoms with E-state index in [2.05, 4.69) is 90.2 Å². The minimum atomic E-state index is -3.68. The Kier molecular flexibility index (Phi) is 11.1. The summed E-state index contributed by atoms with van der Waals surface area (Å²) >= 11 is 0. The van der Waals surface area contributed by atoms with Crippen molar-refractivity contribution in [3.05, 3.63) is 71.8 Å². The predicted octanol–water partition coefficient (Wildman–Crippen LogP) is 10.2. The molecule has 8 atom stereocenters. The lowest BCUT2D eigenvalue weighted by Gasteiger charge is -2.44. The summed E-state index contributed by atoms with van der Waals surface area (Å²) in [6.45, 7) is 15.9. The highest BCUT2D eigenvalue weighted by atomic mass is 31.2. The van der Waals surface area contributed by atoms with Crippen LogP contribution < -0.4 is 5.32 Å².